The fourth-order valence-electron chi connectivity index (χ4n) is 3.64. The molecule has 0 aromatic heterocycles. The molecule has 1 saturated heterocycles. The van der Waals surface area contributed by atoms with Crippen molar-refractivity contribution in [3.8, 4) is 0 Å². The number of hydrogen-bond donors (Lipinski definition) is 1. The third-order valence-electron chi connectivity index (χ3n) is 4.86. The van der Waals surface area contributed by atoms with Crippen molar-refractivity contribution in [2.24, 2.45) is 11.8 Å². The molecule has 0 spiro atoms. The summed E-state index contributed by atoms with van der Waals surface area (Å²) < 4.78 is 0. The van der Waals surface area contributed by atoms with Gasteiger partial charge in [0.05, 0.1) is 0 Å². The highest BCUT2D eigenvalue weighted by Crippen LogP contribution is 2.43. The van der Waals surface area contributed by atoms with Gasteiger partial charge >= 0.3 is 5.97 Å². The standard InChI is InChI=1S/C13H23NO2/c1-10-6-5-7-13(11(10)2,12(15)16)14-8-3-4-9-14/h10-11H,3-9H2,1-2H3,(H,15,16). The molecular weight excluding hydrogens is 202 g/mol. The van der Waals surface area contributed by atoms with Crippen LogP contribution in [-0.2, 0) is 4.79 Å². The van der Waals surface area contributed by atoms with Gasteiger partial charge in [-0.1, -0.05) is 26.7 Å². The lowest BCUT2D eigenvalue weighted by atomic mass is 9.67. The number of nitrogens with zero attached hydrogens (tertiary/aromatic N) is 1. The maximum atomic E-state index is 11.8. The van der Waals surface area contributed by atoms with Crippen LogP contribution in [0.2, 0.25) is 0 Å². The topological polar surface area (TPSA) is 40.5 Å². The number of carboxylic acid groups (broad SMARTS) is 1. The van der Waals surface area contributed by atoms with Crippen LogP contribution in [0, 0.1) is 11.8 Å². The van der Waals surface area contributed by atoms with E-state index in [1.807, 2.05) is 0 Å². The molecule has 3 heteroatoms. The predicted octanol–water partition coefficient (Wildman–Crippen LogP) is 2.36. The van der Waals surface area contributed by atoms with Gasteiger partial charge in [0.25, 0.3) is 0 Å². The summed E-state index contributed by atoms with van der Waals surface area (Å²) in [5.41, 5.74) is -0.561. The Bertz CT molecular complexity index is 269. The minimum atomic E-state index is -0.589. The first-order valence-corrected chi connectivity index (χ1v) is 6.57. The van der Waals surface area contributed by atoms with Gasteiger partial charge in [-0.3, -0.25) is 9.69 Å². The summed E-state index contributed by atoms with van der Waals surface area (Å²) in [6, 6.07) is 0. The van der Waals surface area contributed by atoms with Crippen LogP contribution in [0.5, 0.6) is 0 Å². The summed E-state index contributed by atoms with van der Waals surface area (Å²) in [4.78, 5) is 14.0. The molecule has 1 saturated carbocycles. The molecule has 0 amide bonds. The van der Waals surface area contributed by atoms with E-state index in [-0.39, 0.29) is 5.92 Å². The molecule has 3 unspecified atom stereocenters. The lowest BCUT2D eigenvalue weighted by molar-refractivity contribution is -0.159. The van der Waals surface area contributed by atoms with Crippen LogP contribution in [-0.4, -0.2) is 34.6 Å². The van der Waals surface area contributed by atoms with Gasteiger partial charge in [0.15, 0.2) is 0 Å². The van der Waals surface area contributed by atoms with E-state index >= 15 is 0 Å². The predicted molar refractivity (Wildman–Crippen MR) is 63.4 cm³/mol. The highest BCUT2D eigenvalue weighted by Gasteiger charge is 2.52. The molecule has 2 rings (SSSR count). The molecule has 1 aliphatic heterocycles. The number of hydrogen-bond acceptors (Lipinski definition) is 2. The quantitative estimate of drug-likeness (QED) is 0.784. The van der Waals surface area contributed by atoms with E-state index in [9.17, 15) is 9.90 Å². The number of carbonyl (C=O) groups is 1. The van der Waals surface area contributed by atoms with E-state index in [1.165, 1.54) is 6.42 Å². The molecule has 0 radical (unpaired) electrons. The second kappa shape index (κ2) is 4.36. The Morgan fingerprint density at radius 3 is 2.44 bits per heavy atom. The Balaban J connectivity index is 2.29. The third-order valence-corrected chi connectivity index (χ3v) is 4.86. The summed E-state index contributed by atoms with van der Waals surface area (Å²) in [5.74, 6) is 0.218. The van der Waals surface area contributed by atoms with Crippen molar-refractivity contribution in [2.45, 2.75) is 51.5 Å². The average Bonchev–Trinajstić information content (AvgIpc) is 2.75. The summed E-state index contributed by atoms with van der Waals surface area (Å²) >= 11 is 0. The van der Waals surface area contributed by atoms with Crippen LogP contribution >= 0.6 is 0 Å². The Morgan fingerprint density at radius 1 is 1.25 bits per heavy atom. The van der Waals surface area contributed by atoms with E-state index in [1.54, 1.807) is 0 Å². The van der Waals surface area contributed by atoms with Crippen LogP contribution in [0.1, 0.15) is 46.0 Å². The van der Waals surface area contributed by atoms with Crippen molar-refractivity contribution in [3.63, 3.8) is 0 Å². The molecule has 2 fully saturated rings. The normalized spacial score (nSPS) is 41.1. The van der Waals surface area contributed by atoms with Gasteiger partial charge in [-0.15, -0.1) is 0 Å². The van der Waals surface area contributed by atoms with E-state index in [4.69, 9.17) is 0 Å². The number of aliphatic carboxylic acids is 1. The minimum Gasteiger partial charge on any atom is -0.480 e. The highest BCUT2D eigenvalue weighted by molar-refractivity contribution is 5.79. The maximum Gasteiger partial charge on any atom is 0.324 e. The Morgan fingerprint density at radius 2 is 1.88 bits per heavy atom. The average molecular weight is 225 g/mol. The maximum absolute atomic E-state index is 11.8. The van der Waals surface area contributed by atoms with E-state index in [0.717, 1.165) is 38.8 Å². The Hall–Kier alpha value is -0.570. The van der Waals surface area contributed by atoms with Gasteiger partial charge in [0.2, 0.25) is 0 Å². The molecule has 3 nitrogen and oxygen atoms in total. The van der Waals surface area contributed by atoms with E-state index < -0.39 is 11.5 Å². The van der Waals surface area contributed by atoms with Crippen molar-refractivity contribution in [1.82, 2.24) is 4.90 Å². The van der Waals surface area contributed by atoms with Crippen molar-refractivity contribution in [1.29, 1.82) is 0 Å². The zero-order valence-electron chi connectivity index (χ0n) is 10.4. The molecule has 92 valence electrons. The van der Waals surface area contributed by atoms with Crippen LogP contribution in [0.3, 0.4) is 0 Å². The van der Waals surface area contributed by atoms with E-state index in [2.05, 4.69) is 18.7 Å². The highest BCUT2D eigenvalue weighted by atomic mass is 16.4. The molecule has 1 heterocycles. The summed E-state index contributed by atoms with van der Waals surface area (Å²) in [6.45, 7) is 6.29. The van der Waals surface area contributed by atoms with Gasteiger partial charge in [-0.2, -0.15) is 0 Å². The lowest BCUT2D eigenvalue weighted by Gasteiger charge is -2.48. The molecule has 1 aliphatic carbocycles. The van der Waals surface area contributed by atoms with E-state index in [0.29, 0.717) is 5.92 Å². The number of likely N-dealkylation sites (tertiary alicyclic amines) is 1. The lowest BCUT2D eigenvalue weighted by Crippen LogP contribution is -2.60. The van der Waals surface area contributed by atoms with Crippen molar-refractivity contribution in [2.75, 3.05) is 13.1 Å². The second-order valence-corrected chi connectivity index (χ2v) is 5.58. The molecule has 2 aliphatic rings. The Labute approximate surface area is 97.8 Å². The smallest absolute Gasteiger partial charge is 0.324 e. The van der Waals surface area contributed by atoms with Gasteiger partial charge in [0, 0.05) is 0 Å². The molecule has 3 atom stereocenters. The number of carboxylic acids is 1. The van der Waals surface area contributed by atoms with Gasteiger partial charge in [-0.05, 0) is 44.2 Å². The fourth-order valence-corrected chi connectivity index (χ4v) is 3.64. The molecule has 1 N–H and O–H groups in total. The molecule has 0 aromatic carbocycles. The van der Waals surface area contributed by atoms with Gasteiger partial charge < -0.3 is 5.11 Å². The first-order valence-electron chi connectivity index (χ1n) is 6.57. The van der Waals surface area contributed by atoms with Crippen molar-refractivity contribution in [3.05, 3.63) is 0 Å². The zero-order chi connectivity index (χ0) is 11.8. The largest absolute Gasteiger partial charge is 0.480 e. The van der Waals surface area contributed by atoms with Crippen molar-refractivity contribution >= 4 is 5.97 Å². The monoisotopic (exact) mass is 225 g/mol. The van der Waals surface area contributed by atoms with Crippen LogP contribution in [0.15, 0.2) is 0 Å². The molecule has 0 bridgehead atoms. The van der Waals surface area contributed by atoms with Gasteiger partial charge in [0.1, 0.15) is 5.54 Å². The summed E-state index contributed by atoms with van der Waals surface area (Å²) in [5, 5.41) is 9.70. The molecular formula is C13H23NO2. The summed E-state index contributed by atoms with van der Waals surface area (Å²) in [7, 11) is 0. The Kier molecular flexibility index (Phi) is 3.24. The first-order chi connectivity index (χ1) is 7.59. The number of rotatable bonds is 2. The van der Waals surface area contributed by atoms with Crippen LogP contribution in [0.4, 0.5) is 0 Å². The van der Waals surface area contributed by atoms with Crippen molar-refractivity contribution < 1.29 is 9.90 Å². The third kappa shape index (κ3) is 1.65. The van der Waals surface area contributed by atoms with Crippen LogP contribution < -0.4 is 0 Å². The minimum absolute atomic E-state index is 0.275. The first kappa shape index (κ1) is 11.9. The fraction of sp³-hybridized carbons (Fsp3) is 0.923. The molecule has 16 heavy (non-hydrogen) atoms. The van der Waals surface area contributed by atoms with Gasteiger partial charge in [-0.25, -0.2) is 0 Å². The molecule has 0 aromatic rings. The SMILES string of the molecule is CC1CCCC(C(=O)O)(N2CCCC2)C1C. The second-order valence-electron chi connectivity index (χ2n) is 5.58. The summed E-state index contributed by atoms with van der Waals surface area (Å²) in [6.07, 6.45) is 5.42. The van der Waals surface area contributed by atoms with Crippen LogP contribution in [0.25, 0.3) is 0 Å². The zero-order valence-corrected chi connectivity index (χ0v) is 10.4.